The molecule has 0 amide bonds. The molecule has 49 heavy (non-hydrogen) atoms. The molecule has 0 bridgehead atoms. The molecule has 0 saturated heterocycles. The van der Waals surface area contributed by atoms with Gasteiger partial charge in [-0.15, -0.1) is 0 Å². The van der Waals surface area contributed by atoms with E-state index >= 15 is 0 Å². The van der Waals surface area contributed by atoms with E-state index in [1.54, 1.807) is 0 Å². The molecule has 4 heteroatoms. The Morgan fingerprint density at radius 1 is 0.327 bits per heavy atom. The highest BCUT2D eigenvalue weighted by atomic mass is 16.3. The van der Waals surface area contributed by atoms with Gasteiger partial charge in [0.1, 0.15) is 33.5 Å². The third-order valence-corrected chi connectivity index (χ3v) is 9.84. The molecule has 7 aromatic carbocycles. The van der Waals surface area contributed by atoms with Crippen LogP contribution in [0.3, 0.4) is 0 Å². The molecular formula is C45H25NO3. The van der Waals surface area contributed by atoms with Gasteiger partial charge in [0, 0.05) is 37.9 Å². The number of fused-ring (bicyclic) bond motifs is 11. The van der Waals surface area contributed by atoms with Gasteiger partial charge in [-0.3, -0.25) is 0 Å². The maximum Gasteiger partial charge on any atom is 0.147 e. The van der Waals surface area contributed by atoms with Crippen molar-refractivity contribution in [1.29, 1.82) is 0 Å². The lowest BCUT2D eigenvalue weighted by Gasteiger charge is -2.13. The van der Waals surface area contributed by atoms with E-state index in [2.05, 4.69) is 103 Å². The van der Waals surface area contributed by atoms with Crippen LogP contribution in [0.25, 0.3) is 110 Å². The first-order chi connectivity index (χ1) is 24.2. The highest BCUT2D eigenvalue weighted by Crippen LogP contribution is 2.43. The molecular weight excluding hydrogens is 602 g/mol. The standard InChI is InChI=1S/C45H25NO3/c1-5-13-37-33(11-1)45-43(34-12-4-8-16-40(34)49-45)44(46-37)30-22-28(26-17-19-41-35(24-26)31-9-2-6-14-38(31)47-41)21-29(23-30)27-18-20-42-36(25-27)32-10-3-7-15-39(32)48-42/h1-25H. The molecule has 0 spiro atoms. The van der Waals surface area contributed by atoms with E-state index in [1.807, 2.05) is 48.5 Å². The molecule has 0 fully saturated rings. The first-order valence-electron chi connectivity index (χ1n) is 16.4. The van der Waals surface area contributed by atoms with Gasteiger partial charge in [0.15, 0.2) is 0 Å². The van der Waals surface area contributed by atoms with Crippen LogP contribution in [0.4, 0.5) is 0 Å². The number of nitrogens with zero attached hydrogens (tertiary/aromatic N) is 1. The molecule has 228 valence electrons. The molecule has 0 atom stereocenters. The second-order valence-electron chi connectivity index (χ2n) is 12.7. The predicted molar refractivity (Wildman–Crippen MR) is 200 cm³/mol. The second kappa shape index (κ2) is 9.93. The van der Waals surface area contributed by atoms with Gasteiger partial charge in [0.05, 0.1) is 16.6 Å². The van der Waals surface area contributed by atoms with Gasteiger partial charge in [0.2, 0.25) is 0 Å². The Morgan fingerprint density at radius 3 is 1.41 bits per heavy atom. The van der Waals surface area contributed by atoms with E-state index in [0.29, 0.717) is 0 Å². The fourth-order valence-corrected chi connectivity index (χ4v) is 7.53. The Bertz CT molecular complexity index is 2990. The second-order valence-corrected chi connectivity index (χ2v) is 12.7. The van der Waals surface area contributed by atoms with Crippen LogP contribution in [0.1, 0.15) is 0 Å². The first-order valence-corrected chi connectivity index (χ1v) is 16.4. The van der Waals surface area contributed by atoms with Gasteiger partial charge in [-0.2, -0.15) is 0 Å². The third-order valence-electron chi connectivity index (χ3n) is 9.84. The summed E-state index contributed by atoms with van der Waals surface area (Å²) in [6.45, 7) is 0. The zero-order valence-corrected chi connectivity index (χ0v) is 26.1. The summed E-state index contributed by atoms with van der Waals surface area (Å²) in [6.07, 6.45) is 0. The summed E-state index contributed by atoms with van der Waals surface area (Å²) in [6, 6.07) is 52.6. The van der Waals surface area contributed by atoms with Crippen molar-refractivity contribution in [3.63, 3.8) is 0 Å². The number of furan rings is 3. The molecule has 0 aliphatic rings. The lowest BCUT2D eigenvalue weighted by Crippen LogP contribution is -1.91. The lowest BCUT2D eigenvalue weighted by atomic mass is 9.92. The minimum Gasteiger partial charge on any atom is -0.456 e. The van der Waals surface area contributed by atoms with Crippen LogP contribution >= 0.6 is 0 Å². The van der Waals surface area contributed by atoms with E-state index in [9.17, 15) is 0 Å². The minimum atomic E-state index is 0.850. The monoisotopic (exact) mass is 627 g/mol. The van der Waals surface area contributed by atoms with E-state index in [1.165, 1.54) is 0 Å². The van der Waals surface area contributed by atoms with Crippen LogP contribution < -0.4 is 0 Å². The highest BCUT2D eigenvalue weighted by molar-refractivity contribution is 6.19. The van der Waals surface area contributed by atoms with Gasteiger partial charge in [-0.05, 0) is 95.1 Å². The SMILES string of the molecule is c1ccc2c(c1)nc(-c1cc(-c3ccc4oc5ccccc5c4c3)cc(-c3ccc4oc5ccccc5c4c3)c1)c1c3ccccc3oc21. The molecule has 4 aromatic heterocycles. The smallest absolute Gasteiger partial charge is 0.147 e. The van der Waals surface area contributed by atoms with Crippen molar-refractivity contribution in [1.82, 2.24) is 4.98 Å². The lowest BCUT2D eigenvalue weighted by molar-refractivity contribution is 0.668. The van der Waals surface area contributed by atoms with Crippen molar-refractivity contribution in [2.45, 2.75) is 0 Å². The molecule has 0 radical (unpaired) electrons. The topological polar surface area (TPSA) is 52.3 Å². The van der Waals surface area contributed by atoms with Gasteiger partial charge < -0.3 is 13.3 Å². The van der Waals surface area contributed by atoms with E-state index in [-0.39, 0.29) is 0 Å². The van der Waals surface area contributed by atoms with Crippen LogP contribution in [0.5, 0.6) is 0 Å². The number of hydrogen-bond acceptors (Lipinski definition) is 4. The third kappa shape index (κ3) is 3.95. The maximum absolute atomic E-state index is 6.56. The average Bonchev–Trinajstić information content (AvgIpc) is 3.85. The maximum atomic E-state index is 6.56. The molecule has 4 heterocycles. The van der Waals surface area contributed by atoms with Gasteiger partial charge in [0.25, 0.3) is 0 Å². The number of benzene rings is 7. The first kappa shape index (κ1) is 26.4. The van der Waals surface area contributed by atoms with Gasteiger partial charge in [-0.25, -0.2) is 4.98 Å². The number of pyridine rings is 1. The zero-order valence-electron chi connectivity index (χ0n) is 26.1. The molecule has 4 nitrogen and oxygen atoms in total. The summed E-state index contributed by atoms with van der Waals surface area (Å²) in [5, 5.41) is 7.48. The average molecular weight is 628 g/mol. The van der Waals surface area contributed by atoms with Crippen LogP contribution in [0, 0.1) is 0 Å². The Labute approximate surface area is 279 Å². The Hall–Kier alpha value is -6.65. The van der Waals surface area contributed by atoms with E-state index < -0.39 is 0 Å². The fraction of sp³-hybridized carbons (Fsp3) is 0. The number of para-hydroxylation sites is 4. The van der Waals surface area contributed by atoms with Crippen LogP contribution in [0.15, 0.2) is 165 Å². The summed E-state index contributed by atoms with van der Waals surface area (Å²) in [5.74, 6) is 0. The molecule has 11 aromatic rings. The Morgan fingerprint density at radius 2 is 0.796 bits per heavy atom. The van der Waals surface area contributed by atoms with E-state index in [0.717, 1.165) is 110 Å². The van der Waals surface area contributed by atoms with Crippen molar-refractivity contribution in [3.8, 4) is 33.5 Å². The van der Waals surface area contributed by atoms with Crippen molar-refractivity contribution < 1.29 is 13.3 Å². The molecule has 0 unspecified atom stereocenters. The van der Waals surface area contributed by atoms with Gasteiger partial charge in [-0.1, -0.05) is 78.9 Å². The van der Waals surface area contributed by atoms with Crippen molar-refractivity contribution in [2.24, 2.45) is 0 Å². The zero-order chi connectivity index (χ0) is 32.1. The molecule has 11 rings (SSSR count). The molecule has 0 aliphatic heterocycles. The minimum absolute atomic E-state index is 0.850. The molecule has 0 N–H and O–H groups in total. The summed E-state index contributed by atoms with van der Waals surface area (Å²) < 4.78 is 18.9. The van der Waals surface area contributed by atoms with E-state index in [4.69, 9.17) is 18.2 Å². The van der Waals surface area contributed by atoms with Crippen LogP contribution in [-0.4, -0.2) is 4.98 Å². The van der Waals surface area contributed by atoms with Crippen molar-refractivity contribution in [3.05, 3.63) is 152 Å². The number of hydrogen-bond donors (Lipinski definition) is 0. The summed E-state index contributed by atoms with van der Waals surface area (Å²) in [7, 11) is 0. The number of rotatable bonds is 3. The summed E-state index contributed by atoms with van der Waals surface area (Å²) >= 11 is 0. The van der Waals surface area contributed by atoms with Crippen LogP contribution in [0.2, 0.25) is 0 Å². The number of aromatic nitrogens is 1. The fourth-order valence-electron chi connectivity index (χ4n) is 7.53. The Kier molecular flexibility index (Phi) is 5.35. The van der Waals surface area contributed by atoms with Crippen molar-refractivity contribution >= 4 is 76.7 Å². The summed E-state index contributed by atoms with van der Waals surface area (Å²) in [4.78, 5) is 5.34. The predicted octanol–water partition coefficient (Wildman–Crippen LogP) is 12.9. The summed E-state index contributed by atoms with van der Waals surface area (Å²) in [5.41, 5.74) is 12.4. The molecule has 0 saturated carbocycles. The normalized spacial score (nSPS) is 12.1. The largest absolute Gasteiger partial charge is 0.456 e. The quantitative estimate of drug-likeness (QED) is 0.196. The van der Waals surface area contributed by atoms with Gasteiger partial charge >= 0.3 is 0 Å². The highest BCUT2D eigenvalue weighted by Gasteiger charge is 2.20. The molecule has 0 aliphatic carbocycles. The Balaban J connectivity index is 1.22. The van der Waals surface area contributed by atoms with Crippen molar-refractivity contribution in [2.75, 3.05) is 0 Å². The van der Waals surface area contributed by atoms with Crippen LogP contribution in [-0.2, 0) is 0 Å².